The molecule has 0 saturated carbocycles. The van der Waals surface area contributed by atoms with Gasteiger partial charge in [-0.25, -0.2) is 9.83 Å². The summed E-state index contributed by atoms with van der Waals surface area (Å²) >= 11 is 0. The molecule has 2 aromatic carbocycles. The van der Waals surface area contributed by atoms with E-state index in [0.29, 0.717) is 5.69 Å². The van der Waals surface area contributed by atoms with Crippen LogP contribution in [-0.4, -0.2) is 15.5 Å². The summed E-state index contributed by atoms with van der Waals surface area (Å²) in [5.41, 5.74) is 5.60. The number of nitrogens with zero attached hydrogens (tertiary/aromatic N) is 3. The van der Waals surface area contributed by atoms with Gasteiger partial charge in [-0.3, -0.25) is 4.79 Å². The van der Waals surface area contributed by atoms with Crippen LogP contribution in [0.4, 0.5) is 5.69 Å². The van der Waals surface area contributed by atoms with Gasteiger partial charge in [0, 0.05) is 18.0 Å². The molecule has 1 aromatic heterocycles. The Balaban J connectivity index is 1.48. The molecule has 0 bridgehead atoms. The first-order chi connectivity index (χ1) is 13.7. The van der Waals surface area contributed by atoms with Gasteiger partial charge in [0.25, 0.3) is 0 Å². The number of fused-ring (bicyclic) bond motifs is 1. The largest absolute Gasteiger partial charge is 0.346 e. The van der Waals surface area contributed by atoms with Crippen molar-refractivity contribution < 1.29 is 4.79 Å². The Bertz CT molecular complexity index is 1100. The van der Waals surface area contributed by atoms with Crippen molar-refractivity contribution in [1.82, 2.24) is 14.9 Å². The van der Waals surface area contributed by atoms with Gasteiger partial charge in [0.2, 0.25) is 11.6 Å². The predicted molar refractivity (Wildman–Crippen MR) is 109 cm³/mol. The first-order valence-corrected chi connectivity index (χ1v) is 9.23. The number of hydrogen-bond donors (Lipinski definition) is 1. The van der Waals surface area contributed by atoms with Crippen molar-refractivity contribution in [3.63, 3.8) is 0 Å². The van der Waals surface area contributed by atoms with Crippen molar-refractivity contribution in [2.75, 3.05) is 0 Å². The van der Waals surface area contributed by atoms with Crippen molar-refractivity contribution in [3.05, 3.63) is 94.9 Å². The molecule has 138 valence electrons. The quantitative estimate of drug-likeness (QED) is 0.543. The maximum Gasteiger partial charge on any atom is 0.244 e. The fraction of sp³-hybridized carbons (Fsp3) is 0.174. The second-order valence-electron chi connectivity index (χ2n) is 6.90. The Labute approximate surface area is 164 Å². The Morgan fingerprint density at radius 2 is 2.18 bits per heavy atom. The highest BCUT2D eigenvalue weighted by molar-refractivity contribution is 5.92. The zero-order chi connectivity index (χ0) is 19.5. The molecule has 0 fully saturated rings. The molecule has 1 heterocycles. The predicted octanol–water partition coefficient (Wildman–Crippen LogP) is 4.55. The summed E-state index contributed by atoms with van der Waals surface area (Å²) in [4.78, 5) is 20.1. The van der Waals surface area contributed by atoms with E-state index in [1.807, 2.05) is 35.8 Å². The maximum absolute atomic E-state index is 12.4. The van der Waals surface area contributed by atoms with E-state index in [9.17, 15) is 4.79 Å². The van der Waals surface area contributed by atoms with Gasteiger partial charge in [-0.1, -0.05) is 36.4 Å². The first-order valence-electron chi connectivity index (χ1n) is 9.23. The van der Waals surface area contributed by atoms with E-state index in [1.165, 1.54) is 17.2 Å². The molecule has 3 aromatic rings. The van der Waals surface area contributed by atoms with Crippen molar-refractivity contribution in [3.8, 4) is 5.69 Å². The third-order valence-corrected chi connectivity index (χ3v) is 5.08. The van der Waals surface area contributed by atoms with Crippen LogP contribution < -0.4 is 5.32 Å². The van der Waals surface area contributed by atoms with E-state index < -0.39 is 0 Å². The molecule has 1 atom stereocenters. The zero-order valence-corrected chi connectivity index (χ0v) is 15.6. The lowest BCUT2D eigenvalue weighted by Gasteiger charge is -2.12. The average Bonchev–Trinajstić information content (AvgIpc) is 3.32. The first kappa shape index (κ1) is 17.7. The van der Waals surface area contributed by atoms with Gasteiger partial charge in [-0.2, -0.15) is 0 Å². The van der Waals surface area contributed by atoms with Crippen LogP contribution in [0.3, 0.4) is 0 Å². The fourth-order valence-electron chi connectivity index (χ4n) is 3.65. The molecule has 1 amide bonds. The number of aryl methyl sites for hydroxylation is 2. The average molecular weight is 368 g/mol. The molecule has 1 aliphatic rings. The number of nitrogens with one attached hydrogen (secondary N) is 1. The van der Waals surface area contributed by atoms with Crippen molar-refractivity contribution >= 4 is 17.7 Å². The van der Waals surface area contributed by atoms with E-state index in [1.54, 1.807) is 24.7 Å². The normalized spacial score (nSPS) is 15.4. The van der Waals surface area contributed by atoms with E-state index in [2.05, 4.69) is 27.3 Å². The summed E-state index contributed by atoms with van der Waals surface area (Å²) in [6.07, 6.45) is 8.66. The molecule has 0 aliphatic heterocycles. The lowest BCUT2D eigenvalue weighted by Crippen LogP contribution is -2.25. The number of aromatic nitrogens is 2. The van der Waals surface area contributed by atoms with Gasteiger partial charge < -0.3 is 9.88 Å². The summed E-state index contributed by atoms with van der Waals surface area (Å²) in [7, 11) is 0. The Kier molecular flexibility index (Phi) is 4.77. The topological polar surface area (TPSA) is 51.3 Å². The van der Waals surface area contributed by atoms with Crippen molar-refractivity contribution in [2.45, 2.75) is 25.8 Å². The molecular weight excluding hydrogens is 348 g/mol. The molecular formula is C23H20N4O. The highest BCUT2D eigenvalue weighted by Crippen LogP contribution is 2.30. The van der Waals surface area contributed by atoms with Crippen molar-refractivity contribution in [1.29, 1.82) is 0 Å². The summed E-state index contributed by atoms with van der Waals surface area (Å²) in [6, 6.07) is 13.9. The van der Waals surface area contributed by atoms with Crippen LogP contribution >= 0.6 is 0 Å². The van der Waals surface area contributed by atoms with E-state index in [-0.39, 0.29) is 11.9 Å². The number of carbonyl (C=O) groups excluding carboxylic acids is 1. The molecule has 0 spiro atoms. The van der Waals surface area contributed by atoms with Gasteiger partial charge in [-0.05, 0) is 48.6 Å². The second kappa shape index (κ2) is 7.53. The molecule has 5 heteroatoms. The fourth-order valence-corrected chi connectivity index (χ4v) is 3.65. The summed E-state index contributed by atoms with van der Waals surface area (Å²) in [5.74, 6) is -0.124. The second-order valence-corrected chi connectivity index (χ2v) is 6.90. The highest BCUT2D eigenvalue weighted by atomic mass is 16.1. The monoisotopic (exact) mass is 368 g/mol. The standard InChI is InChI=1S/C23H20N4O/c1-16-14-25-15-27(16)22-11-7-17(13-21(22)24-2)8-12-23(28)26-20-10-9-18-5-3-4-6-19(18)20/h3-8,11-15,20H,9-10H2,1H3,(H,26,28)/b12-8+. The van der Waals surface area contributed by atoms with E-state index in [4.69, 9.17) is 6.57 Å². The lowest BCUT2D eigenvalue weighted by molar-refractivity contribution is -0.117. The van der Waals surface area contributed by atoms with Gasteiger partial charge in [0.05, 0.1) is 24.6 Å². The van der Waals surface area contributed by atoms with Gasteiger partial charge >= 0.3 is 0 Å². The molecule has 4 rings (SSSR count). The number of carbonyl (C=O) groups is 1. The molecule has 0 saturated heterocycles. The molecule has 1 aliphatic carbocycles. The SMILES string of the molecule is [C-]#[N+]c1cc(/C=C/C(=O)NC2CCc3ccccc32)ccc1-n1cncc1C. The number of benzene rings is 2. The minimum atomic E-state index is -0.124. The van der Waals surface area contributed by atoms with Crippen LogP contribution in [0.2, 0.25) is 0 Å². The molecule has 28 heavy (non-hydrogen) atoms. The molecule has 5 nitrogen and oxygen atoms in total. The van der Waals surface area contributed by atoms with Crippen LogP contribution in [0, 0.1) is 13.5 Å². The van der Waals surface area contributed by atoms with Crippen LogP contribution in [0.1, 0.15) is 34.8 Å². The summed E-state index contributed by atoms with van der Waals surface area (Å²) in [5, 5.41) is 3.08. The van der Waals surface area contributed by atoms with Gasteiger partial charge in [0.15, 0.2) is 0 Å². The third-order valence-electron chi connectivity index (χ3n) is 5.08. The van der Waals surface area contributed by atoms with Crippen molar-refractivity contribution in [2.24, 2.45) is 0 Å². The van der Waals surface area contributed by atoms with Crippen LogP contribution in [-0.2, 0) is 11.2 Å². The number of rotatable bonds is 4. The van der Waals surface area contributed by atoms with Gasteiger partial charge in [-0.15, -0.1) is 0 Å². The van der Waals surface area contributed by atoms with Crippen LogP contribution in [0.5, 0.6) is 0 Å². The smallest absolute Gasteiger partial charge is 0.244 e. The molecule has 1 N–H and O–H groups in total. The van der Waals surface area contributed by atoms with Gasteiger partial charge in [0.1, 0.15) is 0 Å². The number of imidazole rings is 1. The summed E-state index contributed by atoms with van der Waals surface area (Å²) < 4.78 is 1.88. The highest BCUT2D eigenvalue weighted by Gasteiger charge is 2.22. The summed E-state index contributed by atoms with van der Waals surface area (Å²) in [6.45, 7) is 9.42. The van der Waals surface area contributed by atoms with E-state index in [0.717, 1.165) is 29.8 Å². The Hall–Kier alpha value is -3.65. The minimum absolute atomic E-state index is 0.0683. The number of hydrogen-bond acceptors (Lipinski definition) is 2. The lowest BCUT2D eigenvalue weighted by atomic mass is 10.1. The van der Waals surface area contributed by atoms with Crippen LogP contribution in [0.15, 0.2) is 61.1 Å². The number of amides is 1. The van der Waals surface area contributed by atoms with E-state index >= 15 is 0 Å². The Morgan fingerprint density at radius 1 is 1.32 bits per heavy atom. The molecule has 1 unspecified atom stereocenters. The Morgan fingerprint density at radius 3 is 2.96 bits per heavy atom. The third kappa shape index (κ3) is 3.45. The maximum atomic E-state index is 12.4. The van der Waals surface area contributed by atoms with Crippen LogP contribution in [0.25, 0.3) is 16.6 Å². The minimum Gasteiger partial charge on any atom is -0.346 e. The molecule has 0 radical (unpaired) electrons. The zero-order valence-electron chi connectivity index (χ0n) is 15.6.